The number of hydrogen-bond acceptors (Lipinski definition) is 5. The van der Waals surface area contributed by atoms with Gasteiger partial charge in [0.15, 0.2) is 0 Å². The van der Waals surface area contributed by atoms with Crippen molar-refractivity contribution in [2.45, 2.75) is 63.4 Å². The average molecular weight is 575 g/mol. The van der Waals surface area contributed by atoms with E-state index in [0.29, 0.717) is 19.5 Å². The van der Waals surface area contributed by atoms with E-state index in [1.54, 1.807) is 16.7 Å². The molecule has 9 nitrogen and oxygen atoms in total. The minimum absolute atomic E-state index is 0.00265. The molecule has 3 aliphatic rings. The number of methoxy groups -OCH3 is 1. The second-order valence-electron chi connectivity index (χ2n) is 10.6. The Morgan fingerprint density at radius 2 is 1.95 bits per heavy atom. The lowest BCUT2D eigenvalue weighted by Gasteiger charge is -2.42. The van der Waals surface area contributed by atoms with E-state index in [0.717, 1.165) is 37.5 Å². The van der Waals surface area contributed by atoms with Crippen molar-refractivity contribution in [3.05, 3.63) is 28.8 Å². The Morgan fingerprint density at radius 1 is 1.23 bits per heavy atom. The van der Waals surface area contributed by atoms with Crippen molar-refractivity contribution in [3.8, 4) is 0 Å². The van der Waals surface area contributed by atoms with Crippen molar-refractivity contribution in [2.24, 2.45) is 5.41 Å². The number of amides is 4. The molecule has 2 N–H and O–H groups in total. The molecule has 216 valence electrons. The van der Waals surface area contributed by atoms with E-state index in [1.165, 1.54) is 12.0 Å². The van der Waals surface area contributed by atoms with E-state index in [4.69, 9.17) is 16.3 Å². The third-order valence-corrected chi connectivity index (χ3v) is 8.51. The molecule has 1 aromatic rings. The first kappa shape index (κ1) is 29.4. The van der Waals surface area contributed by atoms with Crippen LogP contribution in [0, 0.1) is 5.41 Å². The maximum Gasteiger partial charge on any atom is 0.417 e. The topological polar surface area (TPSA) is 102 Å². The standard InChI is InChI=1S/C26H34ClF3N4O5/c1-16-23(37)34(12-11-33(16)24(38)31-17-3-5-19(20(27)13-17)26(28,29)30)18(15-39-2)4-6-22(36)32-10-9-25(7-8-25)21(35)14-32/h3,5,13,16,18,21,35H,4,6-12,14-15H2,1-2H3,(H,31,38)/t16-,18-,21+/m0/s1. The summed E-state index contributed by atoms with van der Waals surface area (Å²) in [6.45, 7) is 3.14. The van der Waals surface area contributed by atoms with Gasteiger partial charge in [-0.1, -0.05) is 11.6 Å². The highest BCUT2D eigenvalue weighted by Gasteiger charge is 2.51. The molecular weight excluding hydrogens is 541 g/mol. The maximum atomic E-state index is 13.3. The highest BCUT2D eigenvalue weighted by Crippen LogP contribution is 2.53. The van der Waals surface area contributed by atoms with Gasteiger partial charge in [0.2, 0.25) is 11.8 Å². The molecule has 1 aliphatic carbocycles. The first-order chi connectivity index (χ1) is 18.4. The number of nitrogens with one attached hydrogen (secondary N) is 1. The number of urea groups is 1. The molecule has 4 amide bonds. The molecule has 3 fully saturated rings. The van der Waals surface area contributed by atoms with Crippen LogP contribution >= 0.6 is 11.6 Å². The van der Waals surface area contributed by atoms with Crippen molar-refractivity contribution in [1.82, 2.24) is 14.7 Å². The highest BCUT2D eigenvalue weighted by molar-refractivity contribution is 6.31. The van der Waals surface area contributed by atoms with Crippen molar-refractivity contribution < 1.29 is 37.4 Å². The van der Waals surface area contributed by atoms with E-state index in [9.17, 15) is 32.7 Å². The van der Waals surface area contributed by atoms with Crippen LogP contribution in [0.15, 0.2) is 18.2 Å². The Hall–Kier alpha value is -2.57. The summed E-state index contributed by atoms with van der Waals surface area (Å²) in [5, 5.41) is 12.4. The molecule has 0 bridgehead atoms. The van der Waals surface area contributed by atoms with Gasteiger partial charge in [0.1, 0.15) is 6.04 Å². The van der Waals surface area contributed by atoms with Gasteiger partial charge >= 0.3 is 12.2 Å². The summed E-state index contributed by atoms with van der Waals surface area (Å²) >= 11 is 5.75. The Morgan fingerprint density at radius 3 is 2.54 bits per heavy atom. The monoisotopic (exact) mass is 574 g/mol. The van der Waals surface area contributed by atoms with Crippen LogP contribution in [0.1, 0.15) is 44.6 Å². The van der Waals surface area contributed by atoms with E-state index >= 15 is 0 Å². The van der Waals surface area contributed by atoms with E-state index < -0.39 is 34.9 Å². The Bertz CT molecular complexity index is 1100. The zero-order valence-corrected chi connectivity index (χ0v) is 22.7. The van der Waals surface area contributed by atoms with Crippen LogP contribution in [0.4, 0.5) is 23.7 Å². The molecule has 1 aromatic carbocycles. The molecule has 2 saturated heterocycles. The van der Waals surface area contributed by atoms with Crippen LogP contribution in [-0.2, 0) is 20.5 Å². The second kappa shape index (κ2) is 11.5. The number of piperidine rings is 1. The maximum absolute atomic E-state index is 13.3. The second-order valence-corrected chi connectivity index (χ2v) is 11.0. The molecule has 0 radical (unpaired) electrons. The van der Waals surface area contributed by atoms with Gasteiger partial charge in [0, 0.05) is 45.4 Å². The largest absolute Gasteiger partial charge is 0.417 e. The predicted molar refractivity (Wildman–Crippen MR) is 137 cm³/mol. The molecular formula is C26H34ClF3N4O5. The summed E-state index contributed by atoms with van der Waals surface area (Å²) < 4.78 is 44.2. The summed E-state index contributed by atoms with van der Waals surface area (Å²) in [5.74, 6) is -0.389. The SMILES string of the molecule is COC[C@H](CCC(=O)N1CCC2(CC2)[C@H](O)C1)N1CCN(C(=O)Nc2ccc(C(F)(F)F)c(Cl)c2)[C@@H](C)C1=O. The first-order valence-corrected chi connectivity index (χ1v) is 13.4. The van der Waals surface area contributed by atoms with Gasteiger partial charge in [0.05, 0.1) is 29.3 Å². The smallest absolute Gasteiger partial charge is 0.391 e. The average Bonchev–Trinajstić information content (AvgIpc) is 3.65. The van der Waals surface area contributed by atoms with Crippen LogP contribution in [0.5, 0.6) is 0 Å². The number of anilines is 1. The normalized spacial score (nSPS) is 23.7. The van der Waals surface area contributed by atoms with Crippen LogP contribution in [0.25, 0.3) is 0 Å². The summed E-state index contributed by atoms with van der Waals surface area (Å²) in [6, 6.07) is 1.05. The van der Waals surface area contributed by atoms with Crippen molar-refractivity contribution in [2.75, 3.05) is 45.2 Å². The number of alkyl halides is 3. The number of piperazine rings is 1. The van der Waals surface area contributed by atoms with Crippen molar-refractivity contribution in [1.29, 1.82) is 0 Å². The van der Waals surface area contributed by atoms with Gasteiger partial charge in [-0.15, -0.1) is 0 Å². The molecule has 4 rings (SSSR count). The zero-order chi connectivity index (χ0) is 28.5. The molecule has 3 atom stereocenters. The number of carbonyl (C=O) groups is 3. The van der Waals surface area contributed by atoms with Gasteiger partial charge in [-0.2, -0.15) is 13.2 Å². The fraction of sp³-hybridized carbons (Fsp3) is 0.654. The highest BCUT2D eigenvalue weighted by atomic mass is 35.5. The fourth-order valence-electron chi connectivity index (χ4n) is 5.51. The lowest BCUT2D eigenvalue weighted by atomic mass is 9.90. The number of carbonyl (C=O) groups excluding carboxylic acids is 3. The number of β-amino-alcohol motifs (C(OH)–C–C–N with tert-alkyl or cyclic N) is 1. The van der Waals surface area contributed by atoms with Crippen molar-refractivity contribution in [3.63, 3.8) is 0 Å². The van der Waals surface area contributed by atoms with E-state index in [2.05, 4.69) is 5.32 Å². The van der Waals surface area contributed by atoms with Crippen LogP contribution < -0.4 is 5.32 Å². The Labute approximate surface area is 230 Å². The summed E-state index contributed by atoms with van der Waals surface area (Å²) in [7, 11) is 1.51. The minimum Gasteiger partial charge on any atom is -0.391 e. The number of nitrogens with zero attached hydrogens (tertiary/aromatic N) is 3. The van der Waals surface area contributed by atoms with Gasteiger partial charge in [-0.05, 0) is 56.2 Å². The molecule has 0 unspecified atom stereocenters. The number of likely N-dealkylation sites (tertiary alicyclic amines) is 1. The fourth-order valence-corrected chi connectivity index (χ4v) is 5.80. The minimum atomic E-state index is -4.62. The van der Waals surface area contributed by atoms with E-state index in [1.807, 2.05) is 0 Å². The van der Waals surface area contributed by atoms with Gasteiger partial charge in [0.25, 0.3) is 0 Å². The van der Waals surface area contributed by atoms with Gasteiger partial charge < -0.3 is 29.9 Å². The van der Waals surface area contributed by atoms with E-state index in [-0.39, 0.29) is 55.1 Å². The molecule has 0 aromatic heterocycles. The third kappa shape index (κ3) is 6.44. The van der Waals surface area contributed by atoms with Crippen LogP contribution in [-0.4, -0.2) is 95.7 Å². The number of benzene rings is 1. The van der Waals surface area contributed by atoms with Gasteiger partial charge in [-0.3, -0.25) is 9.59 Å². The van der Waals surface area contributed by atoms with Gasteiger partial charge in [-0.25, -0.2) is 4.79 Å². The number of halogens is 4. The number of hydrogen-bond donors (Lipinski definition) is 2. The Kier molecular flexibility index (Phi) is 8.67. The number of ether oxygens (including phenoxy) is 1. The van der Waals surface area contributed by atoms with Crippen molar-refractivity contribution >= 4 is 35.1 Å². The Balaban J connectivity index is 1.33. The summed E-state index contributed by atoms with van der Waals surface area (Å²) in [6.07, 6.45) is -1.72. The summed E-state index contributed by atoms with van der Waals surface area (Å²) in [4.78, 5) is 43.6. The zero-order valence-electron chi connectivity index (χ0n) is 22.0. The van der Waals surface area contributed by atoms with Crippen LogP contribution in [0.3, 0.4) is 0 Å². The van der Waals surface area contributed by atoms with Crippen LogP contribution in [0.2, 0.25) is 5.02 Å². The first-order valence-electron chi connectivity index (χ1n) is 13.1. The quantitative estimate of drug-likeness (QED) is 0.518. The predicted octanol–water partition coefficient (Wildman–Crippen LogP) is 3.59. The lowest BCUT2D eigenvalue weighted by molar-refractivity contribution is -0.145. The molecule has 39 heavy (non-hydrogen) atoms. The number of aliphatic hydroxyl groups excluding tert-OH is 1. The number of rotatable bonds is 7. The molecule has 1 saturated carbocycles. The third-order valence-electron chi connectivity index (χ3n) is 8.19. The molecule has 1 spiro atoms. The molecule has 2 aliphatic heterocycles. The lowest BCUT2D eigenvalue weighted by Crippen LogP contribution is -2.61. The summed E-state index contributed by atoms with van der Waals surface area (Å²) in [5.41, 5.74) is -0.931. The molecule has 2 heterocycles. The number of aliphatic hydroxyl groups is 1. The molecule has 13 heteroatoms.